The predicted molar refractivity (Wildman–Crippen MR) is 62.7 cm³/mol. The second-order valence-corrected chi connectivity index (χ2v) is 5.73. The highest BCUT2D eigenvalue weighted by molar-refractivity contribution is 7.99. The minimum atomic E-state index is -0.537. The molecule has 0 unspecified atom stereocenters. The van der Waals surface area contributed by atoms with E-state index < -0.39 is 5.79 Å². The fourth-order valence-electron chi connectivity index (χ4n) is 2.29. The number of methoxy groups -OCH3 is 2. The highest BCUT2D eigenvalue weighted by atomic mass is 32.2. The monoisotopic (exact) mass is 248 g/mol. The van der Waals surface area contributed by atoms with Gasteiger partial charge in [-0.2, -0.15) is 11.8 Å². The van der Waals surface area contributed by atoms with E-state index in [0.29, 0.717) is 0 Å². The lowest BCUT2D eigenvalue weighted by molar-refractivity contribution is -0.161. The van der Waals surface area contributed by atoms with Gasteiger partial charge in [-0.25, -0.2) is 0 Å². The van der Waals surface area contributed by atoms with Crippen LogP contribution in [0.2, 0.25) is 0 Å². The van der Waals surface area contributed by atoms with Gasteiger partial charge in [0, 0.05) is 25.7 Å². The molecule has 5 heteroatoms. The summed E-state index contributed by atoms with van der Waals surface area (Å²) in [7, 11) is 3.45. The standard InChI is InChI=1S/C11H20O4S/c1-11(2)14-9-7(12-3)5-16-6-8(13-4)10(9)15-11/h7-10H,5-6H2,1-4H3/t7-,8-,9+,10+/m0/s1. The molecule has 2 rings (SSSR count). The average Bonchev–Trinajstić information content (AvgIpc) is 2.46. The topological polar surface area (TPSA) is 36.9 Å². The Labute approximate surface area is 101 Å². The molecule has 0 radical (unpaired) electrons. The number of rotatable bonds is 2. The van der Waals surface area contributed by atoms with Crippen molar-refractivity contribution in [3.05, 3.63) is 0 Å². The van der Waals surface area contributed by atoms with Crippen molar-refractivity contribution in [1.82, 2.24) is 0 Å². The summed E-state index contributed by atoms with van der Waals surface area (Å²) >= 11 is 1.83. The van der Waals surface area contributed by atoms with Crippen molar-refractivity contribution < 1.29 is 18.9 Å². The summed E-state index contributed by atoms with van der Waals surface area (Å²) in [4.78, 5) is 0. The van der Waals surface area contributed by atoms with E-state index in [1.807, 2.05) is 25.6 Å². The smallest absolute Gasteiger partial charge is 0.164 e. The largest absolute Gasteiger partial charge is 0.378 e. The van der Waals surface area contributed by atoms with Gasteiger partial charge in [-0.05, 0) is 13.8 Å². The molecule has 2 aliphatic heterocycles. The first-order chi connectivity index (χ1) is 7.57. The Hall–Kier alpha value is 0.190. The van der Waals surface area contributed by atoms with Crippen LogP contribution in [0.3, 0.4) is 0 Å². The SMILES string of the molecule is CO[C@H]1CSC[C@H](OC)[C@H]2OC(C)(C)O[C@@H]21. The van der Waals surface area contributed by atoms with Gasteiger partial charge in [0.1, 0.15) is 12.2 Å². The zero-order valence-electron chi connectivity index (χ0n) is 10.3. The predicted octanol–water partition coefficient (Wildman–Crippen LogP) is 1.28. The number of thioether (sulfide) groups is 1. The Morgan fingerprint density at radius 3 is 1.81 bits per heavy atom. The number of ether oxygens (including phenoxy) is 4. The van der Waals surface area contributed by atoms with Gasteiger partial charge in [0.05, 0.1) is 12.2 Å². The van der Waals surface area contributed by atoms with Gasteiger partial charge >= 0.3 is 0 Å². The summed E-state index contributed by atoms with van der Waals surface area (Å²) in [6.45, 7) is 3.88. The molecule has 0 aromatic rings. The van der Waals surface area contributed by atoms with Crippen LogP contribution in [0.1, 0.15) is 13.8 Å². The Balaban J connectivity index is 2.18. The molecule has 4 nitrogen and oxygen atoms in total. The maximum atomic E-state index is 5.93. The van der Waals surface area contributed by atoms with Crippen molar-refractivity contribution in [2.75, 3.05) is 25.7 Å². The third kappa shape index (κ3) is 2.38. The van der Waals surface area contributed by atoms with E-state index in [9.17, 15) is 0 Å². The van der Waals surface area contributed by atoms with E-state index in [0.717, 1.165) is 11.5 Å². The van der Waals surface area contributed by atoms with Gasteiger partial charge in [0.25, 0.3) is 0 Å². The van der Waals surface area contributed by atoms with Crippen LogP contribution in [0.5, 0.6) is 0 Å². The summed E-state index contributed by atoms with van der Waals surface area (Å²) in [5.41, 5.74) is 0. The molecule has 0 spiro atoms. The molecular formula is C11H20O4S. The fourth-order valence-corrected chi connectivity index (χ4v) is 3.54. The third-order valence-electron chi connectivity index (χ3n) is 3.07. The maximum Gasteiger partial charge on any atom is 0.164 e. The van der Waals surface area contributed by atoms with Crippen molar-refractivity contribution in [2.24, 2.45) is 0 Å². The van der Waals surface area contributed by atoms with Crippen LogP contribution in [-0.4, -0.2) is 55.9 Å². The molecule has 2 heterocycles. The molecule has 0 saturated carbocycles. The van der Waals surface area contributed by atoms with Crippen LogP contribution in [0, 0.1) is 0 Å². The van der Waals surface area contributed by atoms with Crippen molar-refractivity contribution in [3.8, 4) is 0 Å². The Morgan fingerprint density at radius 2 is 1.44 bits per heavy atom. The molecule has 0 aromatic heterocycles. The highest BCUT2D eigenvalue weighted by Crippen LogP contribution is 2.37. The minimum Gasteiger partial charge on any atom is -0.378 e. The van der Waals surface area contributed by atoms with Gasteiger partial charge < -0.3 is 18.9 Å². The normalized spacial score (nSPS) is 42.8. The van der Waals surface area contributed by atoms with E-state index in [1.165, 1.54) is 0 Å². The lowest BCUT2D eigenvalue weighted by atomic mass is 10.1. The van der Waals surface area contributed by atoms with Gasteiger partial charge in [0.15, 0.2) is 5.79 Å². The lowest BCUT2D eigenvalue weighted by Gasteiger charge is -2.24. The molecule has 16 heavy (non-hydrogen) atoms. The second-order valence-electron chi connectivity index (χ2n) is 4.65. The second kappa shape index (κ2) is 4.82. The van der Waals surface area contributed by atoms with Crippen LogP contribution >= 0.6 is 11.8 Å². The van der Waals surface area contributed by atoms with Crippen molar-refractivity contribution in [1.29, 1.82) is 0 Å². The van der Waals surface area contributed by atoms with E-state index in [-0.39, 0.29) is 24.4 Å². The molecular weight excluding hydrogens is 228 g/mol. The average molecular weight is 248 g/mol. The quantitative estimate of drug-likeness (QED) is 0.736. The van der Waals surface area contributed by atoms with Crippen LogP contribution in [-0.2, 0) is 18.9 Å². The lowest BCUT2D eigenvalue weighted by Crippen LogP contribution is -2.43. The zero-order chi connectivity index (χ0) is 11.8. The van der Waals surface area contributed by atoms with Crippen molar-refractivity contribution >= 4 is 11.8 Å². The van der Waals surface area contributed by atoms with Gasteiger partial charge in [-0.3, -0.25) is 0 Å². The summed E-state index contributed by atoms with van der Waals surface area (Å²) in [6.07, 6.45) is 0.105. The summed E-state index contributed by atoms with van der Waals surface area (Å²) in [5, 5.41) is 0. The Bertz CT molecular complexity index is 224. The van der Waals surface area contributed by atoms with E-state index in [2.05, 4.69) is 0 Å². The highest BCUT2D eigenvalue weighted by Gasteiger charge is 2.50. The summed E-state index contributed by atoms with van der Waals surface area (Å²) < 4.78 is 22.8. The molecule has 94 valence electrons. The first-order valence-electron chi connectivity index (χ1n) is 5.56. The molecule has 0 amide bonds. The molecule has 2 fully saturated rings. The number of hydrogen-bond donors (Lipinski definition) is 0. The van der Waals surface area contributed by atoms with Crippen LogP contribution in [0.4, 0.5) is 0 Å². The van der Waals surface area contributed by atoms with Gasteiger partial charge in [0.2, 0.25) is 0 Å². The van der Waals surface area contributed by atoms with Crippen LogP contribution in [0.15, 0.2) is 0 Å². The van der Waals surface area contributed by atoms with E-state index >= 15 is 0 Å². The van der Waals surface area contributed by atoms with Crippen molar-refractivity contribution in [2.45, 2.75) is 44.1 Å². The minimum absolute atomic E-state index is 0.0278. The molecule has 0 N–H and O–H groups in total. The van der Waals surface area contributed by atoms with Gasteiger partial charge in [-0.1, -0.05) is 0 Å². The first-order valence-corrected chi connectivity index (χ1v) is 6.72. The van der Waals surface area contributed by atoms with E-state index in [4.69, 9.17) is 18.9 Å². The number of fused-ring (bicyclic) bond motifs is 1. The number of hydrogen-bond acceptors (Lipinski definition) is 5. The van der Waals surface area contributed by atoms with Gasteiger partial charge in [-0.15, -0.1) is 0 Å². The van der Waals surface area contributed by atoms with E-state index in [1.54, 1.807) is 14.2 Å². The molecule has 0 aromatic carbocycles. The molecule has 0 bridgehead atoms. The summed E-state index contributed by atoms with van der Waals surface area (Å²) in [6, 6.07) is 0. The fraction of sp³-hybridized carbons (Fsp3) is 1.00. The Morgan fingerprint density at radius 1 is 1.00 bits per heavy atom. The zero-order valence-corrected chi connectivity index (χ0v) is 11.1. The summed E-state index contributed by atoms with van der Waals surface area (Å²) in [5.74, 6) is 1.32. The molecule has 2 aliphatic rings. The van der Waals surface area contributed by atoms with Crippen molar-refractivity contribution in [3.63, 3.8) is 0 Å². The molecule has 4 atom stereocenters. The Kier molecular flexibility index (Phi) is 3.81. The van der Waals surface area contributed by atoms with Crippen LogP contribution in [0.25, 0.3) is 0 Å². The molecule has 2 saturated heterocycles. The third-order valence-corrected chi connectivity index (χ3v) is 4.19. The first kappa shape index (κ1) is 12.6. The molecule has 0 aliphatic carbocycles. The maximum absolute atomic E-state index is 5.93. The van der Waals surface area contributed by atoms with Crippen LogP contribution < -0.4 is 0 Å².